The maximum atomic E-state index is 14.7. The smallest absolute Gasteiger partial charge is 0.308 e. The van der Waals surface area contributed by atoms with E-state index in [1.54, 1.807) is 6.92 Å². The molecule has 1 fully saturated rings. The van der Waals surface area contributed by atoms with Crippen molar-refractivity contribution in [1.82, 2.24) is 19.9 Å². The Hall–Kier alpha value is -3.38. The number of benzene rings is 1. The van der Waals surface area contributed by atoms with Gasteiger partial charge in [-0.3, -0.25) is 4.79 Å². The third kappa shape index (κ3) is 3.81. The minimum absolute atomic E-state index is 0.000167. The zero-order valence-electron chi connectivity index (χ0n) is 20.4. The molecule has 9 nitrogen and oxygen atoms in total. The van der Waals surface area contributed by atoms with Crippen LogP contribution in [0.4, 0.5) is 25.5 Å². The van der Waals surface area contributed by atoms with Gasteiger partial charge in [0.1, 0.15) is 5.69 Å². The van der Waals surface area contributed by atoms with Crippen LogP contribution in [0.3, 0.4) is 0 Å². The molecule has 194 valence electrons. The number of nitrogen functional groups attached to an aromatic ring is 2. The van der Waals surface area contributed by atoms with E-state index in [4.69, 9.17) is 17.2 Å². The van der Waals surface area contributed by atoms with Crippen LogP contribution in [0.1, 0.15) is 56.8 Å². The summed E-state index contributed by atoms with van der Waals surface area (Å²) in [5.74, 6) is -3.47. The summed E-state index contributed by atoms with van der Waals surface area (Å²) in [4.78, 5) is 29.3. The Kier molecular flexibility index (Phi) is 5.39. The van der Waals surface area contributed by atoms with Crippen LogP contribution in [0, 0.1) is 12.3 Å². The molecule has 3 aromatic rings. The number of amides is 1. The second kappa shape index (κ2) is 8.32. The summed E-state index contributed by atoms with van der Waals surface area (Å²) < 4.78 is 29.4. The largest absolute Gasteiger partial charge is 0.382 e. The summed E-state index contributed by atoms with van der Waals surface area (Å²) in [6.45, 7) is 2.38. The molecule has 3 aliphatic rings. The van der Waals surface area contributed by atoms with Gasteiger partial charge in [-0.05, 0) is 42.7 Å². The number of hydrogen-bond donors (Lipinski definition) is 3. The van der Waals surface area contributed by atoms with Gasteiger partial charge in [0.25, 0.3) is 5.91 Å². The molecule has 0 bridgehead atoms. The predicted octanol–water partition coefficient (Wildman–Crippen LogP) is 3.00. The summed E-state index contributed by atoms with van der Waals surface area (Å²) in [6.07, 6.45) is 2.76. The molecule has 1 spiro atoms. The molecule has 12 heteroatoms. The maximum absolute atomic E-state index is 14.7. The molecule has 1 unspecified atom stereocenters. The van der Waals surface area contributed by atoms with Crippen LogP contribution in [0.15, 0.2) is 24.3 Å². The second-order valence-corrected chi connectivity index (χ2v) is 11.4. The fourth-order valence-corrected chi connectivity index (χ4v) is 6.95. The molecule has 0 radical (unpaired) electrons. The third-order valence-corrected chi connectivity index (χ3v) is 8.87. The standard InChI is InChI=1S/C25H28F2N8OS/c1-13-21(34-8-6-24(7-9-34)10-14-4-2-3-5-15(14)18(24)28)33-20(29)17(31-13)22(36)35-11-16-19(25(26,27)12-35)32-23(30)37-16/h2-5,18H,6-12,28H2,1H3,(H2,29,33)(H2,30,32). The van der Waals surface area contributed by atoms with E-state index in [0.717, 1.165) is 48.6 Å². The average molecular weight is 527 g/mol. The van der Waals surface area contributed by atoms with Crippen molar-refractivity contribution in [3.05, 3.63) is 57.4 Å². The highest BCUT2D eigenvalue weighted by Gasteiger charge is 2.47. The molecule has 0 saturated carbocycles. The predicted molar refractivity (Wildman–Crippen MR) is 137 cm³/mol. The van der Waals surface area contributed by atoms with Crippen molar-refractivity contribution in [2.45, 2.75) is 44.7 Å². The third-order valence-electron chi connectivity index (χ3n) is 8.00. The van der Waals surface area contributed by atoms with E-state index < -0.39 is 18.4 Å². The summed E-state index contributed by atoms with van der Waals surface area (Å²) in [5, 5.41) is 0.0456. The van der Waals surface area contributed by atoms with Crippen LogP contribution >= 0.6 is 11.3 Å². The molecular weight excluding hydrogens is 498 g/mol. The minimum Gasteiger partial charge on any atom is -0.382 e. The first-order chi connectivity index (χ1) is 17.6. The van der Waals surface area contributed by atoms with E-state index >= 15 is 0 Å². The lowest BCUT2D eigenvalue weighted by Gasteiger charge is -2.43. The lowest BCUT2D eigenvalue weighted by Crippen LogP contribution is -2.45. The Balaban J connectivity index is 1.20. The van der Waals surface area contributed by atoms with Crippen LogP contribution in [0.25, 0.3) is 0 Å². The summed E-state index contributed by atoms with van der Waals surface area (Å²) in [5.41, 5.74) is 21.1. The number of hydrogen-bond acceptors (Lipinski definition) is 9. The van der Waals surface area contributed by atoms with Crippen molar-refractivity contribution in [2.75, 3.05) is 36.0 Å². The zero-order chi connectivity index (χ0) is 26.1. The van der Waals surface area contributed by atoms with Crippen molar-refractivity contribution in [2.24, 2.45) is 11.1 Å². The Bertz CT molecular complexity index is 1400. The maximum Gasteiger partial charge on any atom is 0.308 e. The lowest BCUT2D eigenvalue weighted by molar-refractivity contribution is -0.0478. The first kappa shape index (κ1) is 24.0. The van der Waals surface area contributed by atoms with Gasteiger partial charge in [0, 0.05) is 19.1 Å². The molecule has 1 atom stereocenters. The quantitative estimate of drug-likeness (QED) is 0.463. The lowest BCUT2D eigenvalue weighted by atomic mass is 9.73. The van der Waals surface area contributed by atoms with Gasteiger partial charge >= 0.3 is 5.92 Å². The number of aryl methyl sites for hydroxylation is 1. The molecular formula is C25H28F2N8OS. The number of carbonyl (C=O) groups is 1. The number of carbonyl (C=O) groups excluding carboxylic acids is 1. The summed E-state index contributed by atoms with van der Waals surface area (Å²) in [6, 6.07) is 8.37. The number of rotatable bonds is 2. The van der Waals surface area contributed by atoms with Gasteiger partial charge in [-0.1, -0.05) is 35.6 Å². The molecule has 6 rings (SSSR count). The number of thiazole rings is 1. The Morgan fingerprint density at radius 1 is 1.14 bits per heavy atom. The molecule has 1 aromatic carbocycles. The molecule has 1 saturated heterocycles. The number of piperidine rings is 1. The Morgan fingerprint density at radius 3 is 2.59 bits per heavy atom. The number of anilines is 3. The highest BCUT2D eigenvalue weighted by atomic mass is 32.1. The van der Waals surface area contributed by atoms with Gasteiger partial charge in [0.05, 0.1) is 23.7 Å². The molecule has 2 aliphatic heterocycles. The summed E-state index contributed by atoms with van der Waals surface area (Å²) in [7, 11) is 0. The highest BCUT2D eigenvalue weighted by Crippen LogP contribution is 2.51. The monoisotopic (exact) mass is 526 g/mol. The Morgan fingerprint density at radius 2 is 1.86 bits per heavy atom. The Labute approximate surface area is 216 Å². The molecule has 1 amide bonds. The van der Waals surface area contributed by atoms with Crippen molar-refractivity contribution in [3.63, 3.8) is 0 Å². The number of aromatic nitrogens is 3. The first-order valence-corrected chi connectivity index (χ1v) is 13.0. The average Bonchev–Trinajstić information content (AvgIpc) is 3.38. The summed E-state index contributed by atoms with van der Waals surface area (Å²) >= 11 is 0.951. The normalized spacial score (nSPS) is 21.7. The van der Waals surface area contributed by atoms with E-state index in [-0.39, 0.29) is 45.2 Å². The number of nitrogens with two attached hydrogens (primary N) is 3. The van der Waals surface area contributed by atoms with Crippen LogP contribution in [-0.4, -0.2) is 45.4 Å². The van der Waals surface area contributed by atoms with Gasteiger partial charge in [-0.2, -0.15) is 8.78 Å². The number of fused-ring (bicyclic) bond motifs is 2. The molecule has 2 aromatic heterocycles. The number of nitrogens with zero attached hydrogens (tertiary/aromatic N) is 5. The second-order valence-electron chi connectivity index (χ2n) is 10.3. The van der Waals surface area contributed by atoms with Gasteiger partial charge < -0.3 is 27.0 Å². The van der Waals surface area contributed by atoms with Crippen LogP contribution in [0.2, 0.25) is 0 Å². The fraction of sp³-hybridized carbons (Fsp3) is 0.440. The van der Waals surface area contributed by atoms with Crippen molar-refractivity contribution < 1.29 is 13.6 Å². The molecule has 4 heterocycles. The van der Waals surface area contributed by atoms with Crippen molar-refractivity contribution in [3.8, 4) is 0 Å². The SMILES string of the molecule is Cc1nc(C(=O)N2Cc3sc(N)nc3C(F)(F)C2)c(N)nc1N1CCC2(CC1)Cc1ccccc1C2N. The van der Waals surface area contributed by atoms with E-state index in [1.807, 2.05) is 6.07 Å². The van der Waals surface area contributed by atoms with Gasteiger partial charge in [0.2, 0.25) is 0 Å². The molecule has 37 heavy (non-hydrogen) atoms. The van der Waals surface area contributed by atoms with Crippen molar-refractivity contribution in [1.29, 1.82) is 0 Å². The van der Waals surface area contributed by atoms with E-state index in [1.165, 1.54) is 11.1 Å². The fourth-order valence-electron chi connectivity index (χ4n) is 6.05. The van der Waals surface area contributed by atoms with E-state index in [2.05, 4.69) is 38.1 Å². The van der Waals surface area contributed by atoms with E-state index in [9.17, 15) is 13.6 Å². The van der Waals surface area contributed by atoms with Crippen LogP contribution in [0.5, 0.6) is 0 Å². The van der Waals surface area contributed by atoms with E-state index in [0.29, 0.717) is 11.5 Å². The van der Waals surface area contributed by atoms with Crippen LogP contribution in [-0.2, 0) is 18.9 Å². The van der Waals surface area contributed by atoms with Gasteiger partial charge in [-0.15, -0.1) is 0 Å². The molecule has 1 aliphatic carbocycles. The minimum atomic E-state index is -3.31. The topological polar surface area (TPSA) is 140 Å². The number of alkyl halides is 2. The van der Waals surface area contributed by atoms with Gasteiger partial charge in [0.15, 0.2) is 22.5 Å². The van der Waals surface area contributed by atoms with Crippen LogP contribution < -0.4 is 22.1 Å². The highest BCUT2D eigenvalue weighted by molar-refractivity contribution is 7.15. The zero-order valence-corrected chi connectivity index (χ0v) is 21.2. The van der Waals surface area contributed by atoms with Gasteiger partial charge in [-0.25, -0.2) is 15.0 Å². The molecule has 6 N–H and O–H groups in total. The first-order valence-electron chi connectivity index (χ1n) is 12.2. The van der Waals surface area contributed by atoms with Crippen molar-refractivity contribution >= 4 is 34.0 Å². The number of halogens is 2.